The van der Waals surface area contributed by atoms with Crippen LogP contribution in [0.2, 0.25) is 0 Å². The van der Waals surface area contributed by atoms with E-state index in [1.165, 1.54) is 31.6 Å². The molecule has 0 bridgehead atoms. The van der Waals surface area contributed by atoms with Crippen molar-refractivity contribution in [3.63, 3.8) is 0 Å². The maximum Gasteiger partial charge on any atom is 0.312 e. The smallest absolute Gasteiger partial charge is 0.312 e. The van der Waals surface area contributed by atoms with Gasteiger partial charge in [0, 0.05) is 25.1 Å². The molecule has 64 valence electrons. The van der Waals surface area contributed by atoms with Crippen LogP contribution in [0, 0.1) is 5.53 Å². The third-order valence-electron chi connectivity index (χ3n) is 1.49. The van der Waals surface area contributed by atoms with E-state index in [0.29, 0.717) is 5.56 Å². The van der Waals surface area contributed by atoms with E-state index in [1.54, 1.807) is 0 Å². The molecule has 0 aliphatic rings. The molecule has 12 heavy (non-hydrogen) atoms. The molecule has 0 aromatic carbocycles. The first kappa shape index (κ1) is 8.76. The van der Waals surface area contributed by atoms with Gasteiger partial charge in [-0.15, -0.1) is 5.11 Å². The van der Waals surface area contributed by atoms with Crippen molar-refractivity contribution >= 4 is 0 Å². The number of methoxy groups -OCH3 is 1. The number of nitrogens with one attached hydrogen (secondary N) is 1. The van der Waals surface area contributed by atoms with E-state index < -0.39 is 5.91 Å². The van der Waals surface area contributed by atoms with Gasteiger partial charge in [-0.05, 0) is 12.1 Å². The molecule has 5 nitrogen and oxygen atoms in total. The maximum absolute atomic E-state index is 9.50. The Morgan fingerprint density at radius 3 is 2.58 bits per heavy atom. The summed E-state index contributed by atoms with van der Waals surface area (Å²) in [6, 6.07) is 3.06. The van der Waals surface area contributed by atoms with Crippen LogP contribution in [0.3, 0.4) is 0 Å². The van der Waals surface area contributed by atoms with Gasteiger partial charge in [0.05, 0.1) is 0 Å². The Kier molecular flexibility index (Phi) is 2.47. The van der Waals surface area contributed by atoms with E-state index >= 15 is 0 Å². The van der Waals surface area contributed by atoms with Crippen LogP contribution in [0.4, 0.5) is 0 Å². The normalized spacial score (nSPS) is 15.2. The zero-order valence-electron chi connectivity index (χ0n) is 6.56. The molecule has 1 heterocycles. The average Bonchev–Trinajstić information content (AvgIpc) is 2.18. The van der Waals surface area contributed by atoms with E-state index in [0.717, 1.165) is 0 Å². The molecule has 1 unspecified atom stereocenters. The Balaban J connectivity index is 3.03. The summed E-state index contributed by atoms with van der Waals surface area (Å²) in [5.41, 5.74) is 7.11. The summed E-state index contributed by atoms with van der Waals surface area (Å²) in [4.78, 5) is 3.76. The minimum absolute atomic E-state index is 0.384. The van der Waals surface area contributed by atoms with Crippen LogP contribution in [-0.2, 0) is 10.6 Å². The molecule has 0 saturated carbocycles. The summed E-state index contributed by atoms with van der Waals surface area (Å²) in [6.07, 6.45) is 2.98. The van der Waals surface area contributed by atoms with Gasteiger partial charge in [0.2, 0.25) is 0 Å². The highest BCUT2D eigenvalue weighted by atomic mass is 16.6. The first-order valence-corrected chi connectivity index (χ1v) is 3.29. The van der Waals surface area contributed by atoms with Crippen LogP contribution in [-0.4, -0.2) is 17.2 Å². The summed E-state index contributed by atoms with van der Waals surface area (Å²) in [5.74, 6) is -1.87. The molecule has 1 aromatic rings. The van der Waals surface area contributed by atoms with Crippen molar-refractivity contribution in [3.05, 3.63) is 30.1 Å². The quantitative estimate of drug-likeness (QED) is 0.517. The summed E-state index contributed by atoms with van der Waals surface area (Å²) in [7, 11) is 1.28. The molecule has 0 saturated heterocycles. The van der Waals surface area contributed by atoms with Gasteiger partial charge in [0.1, 0.15) is 0 Å². The van der Waals surface area contributed by atoms with Gasteiger partial charge in [0.25, 0.3) is 0 Å². The number of aromatic nitrogens is 1. The second-order valence-electron chi connectivity index (χ2n) is 2.16. The molecule has 0 spiro atoms. The molecule has 0 amide bonds. The topological polar surface area (TPSA) is 78.6 Å². The molecule has 0 aliphatic heterocycles. The Labute approximate surface area is 69.5 Å². The van der Waals surface area contributed by atoms with Gasteiger partial charge in [-0.1, -0.05) is 0 Å². The maximum atomic E-state index is 9.50. The van der Waals surface area contributed by atoms with Crippen molar-refractivity contribution in [2.75, 3.05) is 7.11 Å². The molecule has 0 fully saturated rings. The summed E-state index contributed by atoms with van der Waals surface area (Å²) in [5, 5.41) is 12.5. The van der Waals surface area contributed by atoms with E-state index in [-0.39, 0.29) is 0 Å². The van der Waals surface area contributed by atoms with Gasteiger partial charge in [0.15, 0.2) is 0 Å². The van der Waals surface area contributed by atoms with Crippen molar-refractivity contribution in [1.29, 1.82) is 5.53 Å². The number of hydrogen-bond acceptors (Lipinski definition) is 5. The minimum Gasteiger partial charge on any atom is -0.342 e. The predicted molar refractivity (Wildman–Crippen MR) is 40.3 cm³/mol. The Hall–Kier alpha value is -1.33. The van der Waals surface area contributed by atoms with Crippen LogP contribution >= 0.6 is 0 Å². The molecular formula is C7H9N3O2. The van der Waals surface area contributed by atoms with Gasteiger partial charge in [-0.25, -0.2) is 5.53 Å². The zero-order chi connectivity index (χ0) is 9.03. The van der Waals surface area contributed by atoms with E-state index in [1.807, 2.05) is 0 Å². The average molecular weight is 167 g/mol. The van der Waals surface area contributed by atoms with Gasteiger partial charge in [-0.3, -0.25) is 4.98 Å². The summed E-state index contributed by atoms with van der Waals surface area (Å²) >= 11 is 0. The molecular weight excluding hydrogens is 158 g/mol. The van der Waals surface area contributed by atoms with Crippen LogP contribution in [0.25, 0.3) is 0 Å². The number of rotatable bonds is 3. The first-order valence-electron chi connectivity index (χ1n) is 3.29. The van der Waals surface area contributed by atoms with E-state index in [2.05, 4.69) is 14.8 Å². The Morgan fingerprint density at radius 2 is 2.17 bits per heavy atom. The van der Waals surface area contributed by atoms with Crippen molar-refractivity contribution in [1.82, 2.24) is 4.98 Å². The molecule has 1 atom stereocenters. The lowest BCUT2D eigenvalue weighted by Gasteiger charge is -2.18. The Morgan fingerprint density at radius 1 is 1.58 bits per heavy atom. The second-order valence-corrected chi connectivity index (χ2v) is 2.16. The number of ether oxygens (including phenoxy) is 1. The summed E-state index contributed by atoms with van der Waals surface area (Å²) < 4.78 is 4.65. The molecule has 0 aliphatic carbocycles. The van der Waals surface area contributed by atoms with Crippen LogP contribution in [0.1, 0.15) is 5.56 Å². The van der Waals surface area contributed by atoms with E-state index in [4.69, 9.17) is 5.53 Å². The highest BCUT2D eigenvalue weighted by Gasteiger charge is 2.27. The lowest BCUT2D eigenvalue weighted by molar-refractivity contribution is -0.193. The minimum atomic E-state index is -1.87. The molecule has 1 aromatic heterocycles. The zero-order valence-corrected chi connectivity index (χ0v) is 6.56. The molecule has 5 heteroatoms. The fourth-order valence-electron chi connectivity index (χ4n) is 0.797. The standard InChI is InChI=1S/C7H9N3O2/c1-12-7(11,10-8)6-2-4-9-5-3-6/h2-5,8,11H,1H3. The van der Waals surface area contributed by atoms with Crippen LogP contribution < -0.4 is 0 Å². The van der Waals surface area contributed by atoms with E-state index in [9.17, 15) is 5.11 Å². The van der Waals surface area contributed by atoms with Gasteiger partial charge >= 0.3 is 5.91 Å². The largest absolute Gasteiger partial charge is 0.342 e. The van der Waals surface area contributed by atoms with Crippen molar-refractivity contribution < 1.29 is 9.84 Å². The van der Waals surface area contributed by atoms with Gasteiger partial charge < -0.3 is 9.84 Å². The fourth-order valence-corrected chi connectivity index (χ4v) is 0.797. The monoisotopic (exact) mass is 167 g/mol. The van der Waals surface area contributed by atoms with Crippen LogP contribution in [0.5, 0.6) is 0 Å². The number of pyridine rings is 1. The third-order valence-corrected chi connectivity index (χ3v) is 1.49. The number of nitrogens with zero attached hydrogens (tertiary/aromatic N) is 2. The number of aliphatic hydroxyl groups is 1. The Bertz CT molecular complexity index is 265. The summed E-state index contributed by atoms with van der Waals surface area (Å²) in [6.45, 7) is 0. The lowest BCUT2D eigenvalue weighted by Crippen LogP contribution is -2.24. The highest BCUT2D eigenvalue weighted by molar-refractivity contribution is 5.15. The van der Waals surface area contributed by atoms with Gasteiger partial charge in [-0.2, -0.15) is 0 Å². The first-order chi connectivity index (χ1) is 5.73. The lowest BCUT2D eigenvalue weighted by atomic mass is 10.2. The predicted octanol–water partition coefficient (Wildman–Crippen LogP) is 0.862. The highest BCUT2D eigenvalue weighted by Crippen LogP contribution is 2.21. The van der Waals surface area contributed by atoms with Crippen molar-refractivity contribution in [2.24, 2.45) is 5.11 Å². The van der Waals surface area contributed by atoms with Crippen molar-refractivity contribution in [2.45, 2.75) is 5.91 Å². The molecule has 2 N–H and O–H groups in total. The molecule has 0 radical (unpaired) electrons. The fraction of sp³-hybridized carbons (Fsp3) is 0.286. The van der Waals surface area contributed by atoms with Crippen molar-refractivity contribution in [3.8, 4) is 0 Å². The van der Waals surface area contributed by atoms with Crippen LogP contribution in [0.15, 0.2) is 29.6 Å². The molecule has 1 rings (SSSR count). The SMILES string of the molecule is COC(O)(N=N)c1ccncc1. The third kappa shape index (κ3) is 1.46. The number of hydrogen-bond donors (Lipinski definition) is 2. The second kappa shape index (κ2) is 3.38.